The van der Waals surface area contributed by atoms with Crippen LogP contribution >= 0.6 is 0 Å². The Bertz CT molecular complexity index is 576. The molecule has 0 saturated heterocycles. The van der Waals surface area contributed by atoms with E-state index in [-0.39, 0.29) is 5.69 Å². The predicted molar refractivity (Wildman–Crippen MR) is 56.0 cm³/mol. The molecule has 0 bridgehead atoms. The third kappa shape index (κ3) is 2.20. The molecule has 2 N–H and O–H groups in total. The minimum atomic E-state index is -4.71. The summed E-state index contributed by atoms with van der Waals surface area (Å²) in [5, 5.41) is 8.86. The van der Waals surface area contributed by atoms with Crippen LogP contribution in [0.15, 0.2) is 30.3 Å². The molecule has 7 heteroatoms. The summed E-state index contributed by atoms with van der Waals surface area (Å²) in [6, 6.07) is 7.86. The maximum absolute atomic E-state index is 12.5. The van der Waals surface area contributed by atoms with Crippen LogP contribution in [0.2, 0.25) is 0 Å². The largest absolute Gasteiger partial charge is 0.476 e. The second kappa shape index (κ2) is 4.17. The Hall–Kier alpha value is -2.31. The van der Waals surface area contributed by atoms with Crippen molar-refractivity contribution in [1.82, 2.24) is 9.97 Å². The van der Waals surface area contributed by atoms with Gasteiger partial charge in [0.05, 0.1) is 5.69 Å². The fourth-order valence-corrected chi connectivity index (χ4v) is 1.48. The van der Waals surface area contributed by atoms with E-state index in [2.05, 4.69) is 4.98 Å². The molecule has 4 nitrogen and oxygen atoms in total. The van der Waals surface area contributed by atoms with Crippen molar-refractivity contribution in [3.8, 4) is 11.3 Å². The van der Waals surface area contributed by atoms with Gasteiger partial charge in [-0.25, -0.2) is 9.78 Å². The zero-order valence-electron chi connectivity index (χ0n) is 8.82. The van der Waals surface area contributed by atoms with Crippen LogP contribution in [-0.2, 0) is 6.18 Å². The number of aromatic amines is 1. The van der Waals surface area contributed by atoms with Crippen LogP contribution in [0.25, 0.3) is 11.3 Å². The van der Waals surface area contributed by atoms with E-state index in [1.807, 2.05) is 4.98 Å². The lowest BCUT2D eigenvalue weighted by molar-refractivity contribution is -0.144. The maximum Gasteiger partial charge on any atom is 0.449 e. The van der Waals surface area contributed by atoms with E-state index >= 15 is 0 Å². The van der Waals surface area contributed by atoms with Crippen LogP contribution < -0.4 is 0 Å². The van der Waals surface area contributed by atoms with Gasteiger partial charge in [-0.05, 0) is 0 Å². The van der Waals surface area contributed by atoms with Gasteiger partial charge in [0.15, 0.2) is 5.69 Å². The molecule has 0 aliphatic rings. The Labute approximate surface area is 99.1 Å². The summed E-state index contributed by atoms with van der Waals surface area (Å²) in [4.78, 5) is 16.0. The number of benzene rings is 1. The highest BCUT2D eigenvalue weighted by atomic mass is 19.4. The molecule has 0 radical (unpaired) electrons. The van der Waals surface area contributed by atoms with Crippen molar-refractivity contribution in [1.29, 1.82) is 0 Å². The summed E-state index contributed by atoms with van der Waals surface area (Å²) >= 11 is 0. The van der Waals surface area contributed by atoms with Crippen molar-refractivity contribution in [2.75, 3.05) is 0 Å². The molecule has 94 valence electrons. The molecule has 0 atom stereocenters. The average molecular weight is 256 g/mol. The molecule has 0 fully saturated rings. The van der Waals surface area contributed by atoms with Gasteiger partial charge in [-0.3, -0.25) is 0 Å². The van der Waals surface area contributed by atoms with Crippen molar-refractivity contribution in [3.63, 3.8) is 0 Å². The summed E-state index contributed by atoms with van der Waals surface area (Å²) in [5.74, 6) is -2.83. The number of H-pyrrole nitrogens is 1. The van der Waals surface area contributed by atoms with Crippen LogP contribution in [0, 0.1) is 0 Å². The van der Waals surface area contributed by atoms with E-state index in [0.29, 0.717) is 5.56 Å². The average Bonchev–Trinajstić information content (AvgIpc) is 2.74. The zero-order chi connectivity index (χ0) is 13.3. The normalized spacial score (nSPS) is 11.5. The number of halogens is 3. The van der Waals surface area contributed by atoms with E-state index in [1.165, 1.54) is 12.1 Å². The summed E-state index contributed by atoms with van der Waals surface area (Å²) < 4.78 is 37.4. The number of nitrogens with zero attached hydrogens (tertiary/aromatic N) is 1. The zero-order valence-corrected chi connectivity index (χ0v) is 8.82. The Morgan fingerprint density at radius 3 is 2.33 bits per heavy atom. The molecule has 0 unspecified atom stereocenters. The number of aromatic carboxylic acids is 1. The highest BCUT2D eigenvalue weighted by molar-refractivity contribution is 5.92. The highest BCUT2D eigenvalue weighted by Crippen LogP contribution is 2.30. The third-order valence-corrected chi connectivity index (χ3v) is 2.24. The second-order valence-electron chi connectivity index (χ2n) is 3.48. The molecule has 0 spiro atoms. The molecule has 1 aromatic carbocycles. The Balaban J connectivity index is 2.60. The number of hydrogen-bond donors (Lipinski definition) is 2. The monoisotopic (exact) mass is 256 g/mol. The number of aromatic nitrogens is 2. The lowest BCUT2D eigenvalue weighted by atomic mass is 10.1. The Morgan fingerprint density at radius 2 is 1.83 bits per heavy atom. The van der Waals surface area contributed by atoms with Crippen LogP contribution in [0.5, 0.6) is 0 Å². The third-order valence-electron chi connectivity index (χ3n) is 2.24. The Morgan fingerprint density at radius 1 is 1.22 bits per heavy atom. The van der Waals surface area contributed by atoms with E-state index in [9.17, 15) is 18.0 Å². The first kappa shape index (κ1) is 12.2. The van der Waals surface area contributed by atoms with Gasteiger partial charge in [-0.15, -0.1) is 0 Å². The number of imidazole rings is 1. The number of nitrogens with one attached hydrogen (secondary N) is 1. The lowest BCUT2D eigenvalue weighted by Crippen LogP contribution is -2.08. The number of alkyl halides is 3. The van der Waals surface area contributed by atoms with Crippen molar-refractivity contribution in [3.05, 3.63) is 41.9 Å². The molecule has 0 amide bonds. The number of carboxylic acids is 1. The number of hydrogen-bond acceptors (Lipinski definition) is 2. The fourth-order valence-electron chi connectivity index (χ4n) is 1.48. The molecule has 0 saturated carbocycles. The van der Waals surface area contributed by atoms with Gasteiger partial charge in [-0.1, -0.05) is 30.3 Å². The minimum Gasteiger partial charge on any atom is -0.476 e. The summed E-state index contributed by atoms with van der Waals surface area (Å²) in [7, 11) is 0. The summed E-state index contributed by atoms with van der Waals surface area (Å²) in [6.45, 7) is 0. The summed E-state index contributed by atoms with van der Waals surface area (Å²) in [6.07, 6.45) is -4.71. The van der Waals surface area contributed by atoms with Gasteiger partial charge in [0, 0.05) is 5.56 Å². The molecule has 1 aromatic heterocycles. The van der Waals surface area contributed by atoms with E-state index in [1.54, 1.807) is 18.2 Å². The minimum absolute atomic E-state index is 0.157. The van der Waals surface area contributed by atoms with Gasteiger partial charge >= 0.3 is 12.1 Å². The van der Waals surface area contributed by atoms with Gasteiger partial charge in [0.1, 0.15) is 0 Å². The fraction of sp³-hybridized carbons (Fsp3) is 0.0909. The molecule has 2 aromatic rings. The molecule has 0 aliphatic heterocycles. The van der Waals surface area contributed by atoms with Crippen molar-refractivity contribution in [2.24, 2.45) is 0 Å². The van der Waals surface area contributed by atoms with E-state index in [0.717, 1.165) is 0 Å². The topological polar surface area (TPSA) is 66.0 Å². The quantitative estimate of drug-likeness (QED) is 0.868. The first-order valence-corrected chi connectivity index (χ1v) is 4.85. The molecular formula is C11H7F3N2O2. The van der Waals surface area contributed by atoms with Crippen LogP contribution in [0.4, 0.5) is 13.2 Å². The van der Waals surface area contributed by atoms with Crippen molar-refractivity contribution < 1.29 is 23.1 Å². The summed E-state index contributed by atoms with van der Waals surface area (Å²) in [5.41, 5.74) is -0.471. The lowest BCUT2D eigenvalue weighted by Gasteiger charge is -2.00. The molecule has 1 heterocycles. The van der Waals surface area contributed by atoms with Crippen molar-refractivity contribution in [2.45, 2.75) is 6.18 Å². The van der Waals surface area contributed by atoms with Crippen LogP contribution in [0.1, 0.15) is 16.3 Å². The molecule has 0 aliphatic carbocycles. The highest BCUT2D eigenvalue weighted by Gasteiger charge is 2.37. The van der Waals surface area contributed by atoms with E-state index in [4.69, 9.17) is 5.11 Å². The van der Waals surface area contributed by atoms with E-state index < -0.39 is 23.7 Å². The van der Waals surface area contributed by atoms with Crippen LogP contribution in [-0.4, -0.2) is 21.0 Å². The van der Waals surface area contributed by atoms with Gasteiger partial charge in [0.25, 0.3) is 0 Å². The standard InChI is InChI=1S/C11H7F3N2O2/c12-11(13,14)10-15-7(8(16-10)9(17)18)6-4-2-1-3-5-6/h1-5H,(H,15,16)(H,17,18). The van der Waals surface area contributed by atoms with Crippen LogP contribution in [0.3, 0.4) is 0 Å². The molecular weight excluding hydrogens is 249 g/mol. The number of carboxylic acid groups (broad SMARTS) is 1. The smallest absolute Gasteiger partial charge is 0.449 e. The van der Waals surface area contributed by atoms with Gasteiger partial charge in [0.2, 0.25) is 5.82 Å². The maximum atomic E-state index is 12.5. The second-order valence-corrected chi connectivity index (χ2v) is 3.48. The first-order chi connectivity index (χ1) is 8.39. The molecule has 18 heavy (non-hydrogen) atoms. The van der Waals surface area contributed by atoms with Gasteiger partial charge < -0.3 is 10.1 Å². The number of carbonyl (C=O) groups is 1. The Kier molecular flexibility index (Phi) is 2.82. The predicted octanol–water partition coefficient (Wildman–Crippen LogP) is 2.79. The van der Waals surface area contributed by atoms with Crippen molar-refractivity contribution >= 4 is 5.97 Å². The first-order valence-electron chi connectivity index (χ1n) is 4.85. The SMILES string of the molecule is O=C(O)c1nc(C(F)(F)F)[nH]c1-c1ccccc1. The number of rotatable bonds is 2. The van der Waals surface area contributed by atoms with Gasteiger partial charge in [-0.2, -0.15) is 13.2 Å². The molecule has 2 rings (SSSR count).